The van der Waals surface area contributed by atoms with E-state index in [1.807, 2.05) is 0 Å². The van der Waals surface area contributed by atoms with Crippen molar-refractivity contribution in [3.05, 3.63) is 52.1 Å². The molecule has 0 amide bonds. The second-order valence-electron chi connectivity index (χ2n) is 5.02. The summed E-state index contributed by atoms with van der Waals surface area (Å²) in [6.07, 6.45) is -0.289. The molecule has 2 rings (SSSR count). The molecule has 0 heterocycles. The SMILES string of the molecule is CCCc1c(F)c(F)c(-c2c(F)c(F)c(OC)c(F)c2F)c(F)c1F. The van der Waals surface area contributed by atoms with Gasteiger partial charge in [-0.25, -0.2) is 26.3 Å². The molecule has 0 aliphatic rings. The van der Waals surface area contributed by atoms with Crippen LogP contribution in [0.2, 0.25) is 0 Å². The molecule has 0 N–H and O–H groups in total. The van der Waals surface area contributed by atoms with E-state index in [2.05, 4.69) is 4.74 Å². The zero-order valence-electron chi connectivity index (χ0n) is 12.8. The van der Waals surface area contributed by atoms with E-state index in [4.69, 9.17) is 0 Å². The number of methoxy groups -OCH3 is 1. The monoisotopic (exact) mass is 370 g/mol. The van der Waals surface area contributed by atoms with Gasteiger partial charge in [0.2, 0.25) is 11.6 Å². The highest BCUT2D eigenvalue weighted by molar-refractivity contribution is 5.68. The number of halogens is 8. The van der Waals surface area contributed by atoms with Crippen LogP contribution in [0.25, 0.3) is 11.1 Å². The highest BCUT2D eigenvalue weighted by Crippen LogP contribution is 2.40. The van der Waals surface area contributed by atoms with Gasteiger partial charge in [-0.05, 0) is 6.42 Å². The van der Waals surface area contributed by atoms with E-state index < -0.39 is 75.4 Å². The van der Waals surface area contributed by atoms with Crippen LogP contribution in [0.3, 0.4) is 0 Å². The fourth-order valence-corrected chi connectivity index (χ4v) is 2.38. The second kappa shape index (κ2) is 6.89. The molecule has 0 aliphatic carbocycles. The molecule has 0 saturated heterocycles. The van der Waals surface area contributed by atoms with E-state index in [0.29, 0.717) is 7.11 Å². The van der Waals surface area contributed by atoms with E-state index in [-0.39, 0.29) is 6.42 Å². The Bertz CT molecular complexity index is 789. The first kappa shape index (κ1) is 19.0. The van der Waals surface area contributed by atoms with Crippen molar-refractivity contribution < 1.29 is 39.9 Å². The predicted octanol–water partition coefficient (Wildman–Crippen LogP) is 5.43. The number of hydrogen-bond acceptors (Lipinski definition) is 1. The van der Waals surface area contributed by atoms with Crippen molar-refractivity contribution in [1.82, 2.24) is 0 Å². The van der Waals surface area contributed by atoms with Gasteiger partial charge in [0.1, 0.15) is 0 Å². The first-order valence-corrected chi connectivity index (χ1v) is 6.93. The van der Waals surface area contributed by atoms with Crippen molar-refractivity contribution in [3.8, 4) is 16.9 Å². The third kappa shape index (κ3) is 2.81. The lowest BCUT2D eigenvalue weighted by atomic mass is 9.97. The first-order valence-electron chi connectivity index (χ1n) is 6.93. The molecule has 9 heteroatoms. The van der Waals surface area contributed by atoms with Crippen molar-refractivity contribution in [2.24, 2.45) is 0 Å². The average molecular weight is 370 g/mol. The first-order chi connectivity index (χ1) is 11.7. The molecule has 2 aromatic rings. The molecular weight excluding hydrogens is 360 g/mol. The van der Waals surface area contributed by atoms with E-state index in [1.54, 1.807) is 0 Å². The summed E-state index contributed by atoms with van der Waals surface area (Å²) in [6, 6.07) is 0. The minimum absolute atomic E-state index is 0.112. The Morgan fingerprint density at radius 3 is 1.28 bits per heavy atom. The Hall–Kier alpha value is -2.32. The van der Waals surface area contributed by atoms with Crippen LogP contribution < -0.4 is 4.74 Å². The molecule has 0 aliphatic heterocycles. The number of benzene rings is 2. The molecule has 2 aromatic carbocycles. The van der Waals surface area contributed by atoms with Gasteiger partial charge in [0.15, 0.2) is 40.7 Å². The number of hydrogen-bond donors (Lipinski definition) is 0. The zero-order valence-corrected chi connectivity index (χ0v) is 12.8. The Kier molecular flexibility index (Phi) is 5.24. The zero-order chi connectivity index (χ0) is 19.0. The molecule has 1 nitrogen and oxygen atoms in total. The van der Waals surface area contributed by atoms with E-state index in [1.165, 1.54) is 6.92 Å². The molecule has 0 bridgehead atoms. The Labute approximate surface area is 136 Å². The molecule has 136 valence electrons. The third-order valence-electron chi connectivity index (χ3n) is 3.53. The van der Waals surface area contributed by atoms with Gasteiger partial charge in [-0.3, -0.25) is 0 Å². The second-order valence-corrected chi connectivity index (χ2v) is 5.02. The number of ether oxygens (including phenoxy) is 1. The summed E-state index contributed by atoms with van der Waals surface area (Å²) in [6.45, 7) is 1.47. The van der Waals surface area contributed by atoms with Crippen LogP contribution in [-0.2, 0) is 6.42 Å². The van der Waals surface area contributed by atoms with Gasteiger partial charge in [0.05, 0.1) is 18.2 Å². The summed E-state index contributed by atoms with van der Waals surface area (Å²) < 4.78 is 116. The van der Waals surface area contributed by atoms with E-state index in [9.17, 15) is 35.1 Å². The van der Waals surface area contributed by atoms with Crippen LogP contribution in [0.15, 0.2) is 0 Å². The van der Waals surface area contributed by atoms with Crippen LogP contribution in [0.1, 0.15) is 18.9 Å². The maximum absolute atomic E-state index is 14.1. The molecule has 0 saturated carbocycles. The van der Waals surface area contributed by atoms with Gasteiger partial charge in [-0.15, -0.1) is 0 Å². The maximum Gasteiger partial charge on any atom is 0.204 e. The molecule has 0 unspecified atom stereocenters. The van der Waals surface area contributed by atoms with Gasteiger partial charge < -0.3 is 4.74 Å². The van der Waals surface area contributed by atoms with Crippen LogP contribution >= 0.6 is 0 Å². The van der Waals surface area contributed by atoms with Gasteiger partial charge in [-0.1, -0.05) is 13.3 Å². The van der Waals surface area contributed by atoms with Gasteiger partial charge in [0.25, 0.3) is 0 Å². The topological polar surface area (TPSA) is 9.23 Å². The van der Waals surface area contributed by atoms with E-state index >= 15 is 0 Å². The molecule has 0 aromatic heterocycles. The quantitative estimate of drug-likeness (QED) is 0.515. The summed E-state index contributed by atoms with van der Waals surface area (Å²) in [5, 5.41) is 0. The van der Waals surface area contributed by atoms with Gasteiger partial charge in [0, 0.05) is 5.56 Å². The average Bonchev–Trinajstić information content (AvgIpc) is 2.58. The molecule has 0 radical (unpaired) electrons. The van der Waals surface area contributed by atoms with Gasteiger partial charge in [-0.2, -0.15) is 8.78 Å². The predicted molar refractivity (Wildman–Crippen MR) is 72.1 cm³/mol. The van der Waals surface area contributed by atoms with Crippen LogP contribution in [0.4, 0.5) is 35.1 Å². The van der Waals surface area contributed by atoms with E-state index in [0.717, 1.165) is 0 Å². The fraction of sp³-hybridized carbons (Fsp3) is 0.250. The van der Waals surface area contributed by atoms with Crippen molar-refractivity contribution >= 4 is 0 Å². The van der Waals surface area contributed by atoms with Crippen LogP contribution in [0.5, 0.6) is 5.75 Å². The highest BCUT2D eigenvalue weighted by atomic mass is 19.2. The summed E-state index contributed by atoms with van der Waals surface area (Å²) in [7, 11) is 0.695. The lowest BCUT2D eigenvalue weighted by Gasteiger charge is -2.15. The molecule has 0 atom stereocenters. The Morgan fingerprint density at radius 1 is 0.600 bits per heavy atom. The number of rotatable bonds is 4. The molecular formula is C16H10F8O. The molecule has 0 spiro atoms. The Balaban J connectivity index is 2.94. The molecule has 25 heavy (non-hydrogen) atoms. The Morgan fingerprint density at radius 2 is 0.960 bits per heavy atom. The highest BCUT2D eigenvalue weighted by Gasteiger charge is 2.34. The summed E-state index contributed by atoms with van der Waals surface area (Å²) >= 11 is 0. The third-order valence-corrected chi connectivity index (χ3v) is 3.53. The standard InChI is InChI=1S/C16H10F8O/c1-3-4-5-8(17)10(19)6(11(20)9(5)18)7-12(21)14(23)16(25-2)15(24)13(7)22/h3-4H2,1-2H3. The molecule has 0 fully saturated rings. The van der Waals surface area contributed by atoms with Gasteiger partial charge >= 0.3 is 0 Å². The smallest absolute Gasteiger partial charge is 0.204 e. The normalized spacial score (nSPS) is 11.1. The van der Waals surface area contributed by atoms with Crippen molar-refractivity contribution in [3.63, 3.8) is 0 Å². The summed E-state index contributed by atoms with van der Waals surface area (Å²) in [5.74, 6) is -18.3. The minimum Gasteiger partial charge on any atom is -0.491 e. The largest absolute Gasteiger partial charge is 0.491 e. The summed E-state index contributed by atoms with van der Waals surface area (Å²) in [5.41, 5.74) is -4.77. The van der Waals surface area contributed by atoms with Crippen LogP contribution in [-0.4, -0.2) is 7.11 Å². The van der Waals surface area contributed by atoms with Crippen molar-refractivity contribution in [2.75, 3.05) is 7.11 Å². The van der Waals surface area contributed by atoms with Crippen LogP contribution in [0, 0.1) is 46.5 Å². The lowest BCUT2D eigenvalue weighted by Crippen LogP contribution is -2.10. The summed E-state index contributed by atoms with van der Waals surface area (Å²) in [4.78, 5) is 0. The fourth-order valence-electron chi connectivity index (χ4n) is 2.38. The lowest BCUT2D eigenvalue weighted by molar-refractivity contribution is 0.333. The minimum atomic E-state index is -2.25. The van der Waals surface area contributed by atoms with Crippen molar-refractivity contribution in [1.29, 1.82) is 0 Å². The maximum atomic E-state index is 14.1. The van der Waals surface area contributed by atoms with Crippen molar-refractivity contribution in [2.45, 2.75) is 19.8 Å².